The fourth-order valence-electron chi connectivity index (χ4n) is 1.92. The van der Waals surface area contributed by atoms with Gasteiger partial charge in [-0.1, -0.05) is 20.8 Å². The van der Waals surface area contributed by atoms with E-state index >= 15 is 0 Å². The van der Waals surface area contributed by atoms with Crippen LogP contribution in [-0.2, 0) is 4.79 Å². The zero-order valence-electron chi connectivity index (χ0n) is 10.9. The van der Waals surface area contributed by atoms with E-state index in [4.69, 9.17) is 0 Å². The molecule has 1 fully saturated rings. The summed E-state index contributed by atoms with van der Waals surface area (Å²) in [6.07, 6.45) is 0.146. The average Bonchev–Trinajstić information content (AvgIpc) is 2.60. The van der Waals surface area contributed by atoms with Gasteiger partial charge in [-0.3, -0.25) is 4.79 Å². The normalized spacial score (nSPS) is 27.9. The number of hydrogen-bond acceptors (Lipinski definition) is 3. The minimum absolute atomic E-state index is 0.0711. The summed E-state index contributed by atoms with van der Waals surface area (Å²) in [5.74, 6) is 0.0824. The van der Waals surface area contributed by atoms with Gasteiger partial charge in [-0.15, -0.1) is 0 Å². The van der Waals surface area contributed by atoms with Crippen LogP contribution >= 0.6 is 0 Å². The quantitative estimate of drug-likeness (QED) is 0.728. The van der Waals surface area contributed by atoms with Crippen LogP contribution in [-0.4, -0.2) is 47.7 Å². The van der Waals surface area contributed by atoms with Gasteiger partial charge in [0.05, 0.1) is 12.1 Å². The van der Waals surface area contributed by atoms with E-state index in [1.165, 1.54) is 0 Å². The molecule has 1 aliphatic heterocycles. The van der Waals surface area contributed by atoms with Crippen LogP contribution in [0.5, 0.6) is 0 Å². The van der Waals surface area contributed by atoms with Crippen molar-refractivity contribution >= 4 is 5.91 Å². The lowest BCUT2D eigenvalue weighted by Crippen LogP contribution is -2.49. The molecular formula is C12H24N2O2. The van der Waals surface area contributed by atoms with E-state index in [9.17, 15) is 9.90 Å². The van der Waals surface area contributed by atoms with E-state index in [-0.39, 0.29) is 29.5 Å². The number of rotatable bonds is 2. The number of nitrogens with zero attached hydrogens (tertiary/aromatic N) is 1. The van der Waals surface area contributed by atoms with Crippen molar-refractivity contribution in [3.8, 4) is 0 Å². The first-order valence-corrected chi connectivity index (χ1v) is 5.91. The van der Waals surface area contributed by atoms with E-state index < -0.39 is 0 Å². The lowest BCUT2D eigenvalue weighted by Gasteiger charge is -2.36. The molecule has 4 nitrogen and oxygen atoms in total. The van der Waals surface area contributed by atoms with E-state index in [1.54, 1.807) is 4.90 Å². The SMILES string of the molecule is CC(N(C)C(=O)C1CC(O)CN1)C(C)(C)C. The molecule has 94 valence electrons. The number of aliphatic hydroxyl groups excluding tert-OH is 1. The Morgan fingerprint density at radius 2 is 2.06 bits per heavy atom. The number of β-amino-alcohol motifs (C(OH)–C–C–N with tert-alkyl or cyclic N) is 1. The number of likely N-dealkylation sites (N-methyl/N-ethyl adjacent to an activating group) is 1. The fraction of sp³-hybridized carbons (Fsp3) is 0.917. The van der Waals surface area contributed by atoms with Crippen LogP contribution in [0.3, 0.4) is 0 Å². The summed E-state index contributed by atoms with van der Waals surface area (Å²) in [6.45, 7) is 8.95. The second kappa shape index (κ2) is 4.72. The van der Waals surface area contributed by atoms with Gasteiger partial charge in [-0.05, 0) is 18.8 Å². The highest BCUT2D eigenvalue weighted by molar-refractivity contribution is 5.82. The molecule has 4 heteroatoms. The van der Waals surface area contributed by atoms with Crippen molar-refractivity contribution in [2.75, 3.05) is 13.6 Å². The topological polar surface area (TPSA) is 52.6 Å². The number of carbonyl (C=O) groups is 1. The van der Waals surface area contributed by atoms with E-state index in [2.05, 4.69) is 33.0 Å². The zero-order valence-corrected chi connectivity index (χ0v) is 10.9. The van der Waals surface area contributed by atoms with Gasteiger partial charge in [0.15, 0.2) is 0 Å². The molecule has 0 aromatic rings. The standard InChI is InChI=1S/C12H24N2O2/c1-8(12(2,3)4)14(5)11(16)10-6-9(15)7-13-10/h8-10,13,15H,6-7H2,1-5H3. The minimum atomic E-state index is -0.382. The Hall–Kier alpha value is -0.610. The molecule has 0 radical (unpaired) electrons. The van der Waals surface area contributed by atoms with E-state index in [0.717, 1.165) is 0 Å². The highest BCUT2D eigenvalue weighted by atomic mass is 16.3. The molecule has 1 saturated heterocycles. The molecule has 1 rings (SSSR count). The van der Waals surface area contributed by atoms with Gasteiger partial charge < -0.3 is 15.3 Å². The Morgan fingerprint density at radius 1 is 1.50 bits per heavy atom. The van der Waals surface area contributed by atoms with Crippen molar-refractivity contribution in [3.05, 3.63) is 0 Å². The monoisotopic (exact) mass is 228 g/mol. The average molecular weight is 228 g/mol. The van der Waals surface area contributed by atoms with Crippen molar-refractivity contribution in [1.82, 2.24) is 10.2 Å². The Balaban J connectivity index is 2.60. The van der Waals surface area contributed by atoms with Crippen molar-refractivity contribution in [2.45, 2.75) is 52.3 Å². The second-order valence-corrected chi connectivity index (χ2v) is 5.84. The molecule has 0 aromatic carbocycles. The van der Waals surface area contributed by atoms with Crippen molar-refractivity contribution in [2.24, 2.45) is 5.41 Å². The molecule has 0 aromatic heterocycles. The second-order valence-electron chi connectivity index (χ2n) is 5.84. The fourth-order valence-corrected chi connectivity index (χ4v) is 1.92. The molecule has 0 spiro atoms. The number of amides is 1. The van der Waals surface area contributed by atoms with Gasteiger partial charge in [0.1, 0.15) is 0 Å². The summed E-state index contributed by atoms with van der Waals surface area (Å²) in [5.41, 5.74) is 0.0711. The van der Waals surface area contributed by atoms with Gasteiger partial charge in [0.25, 0.3) is 0 Å². The molecule has 1 heterocycles. The van der Waals surface area contributed by atoms with Gasteiger partial charge >= 0.3 is 0 Å². The van der Waals surface area contributed by atoms with Crippen LogP contribution in [0, 0.1) is 5.41 Å². The maximum absolute atomic E-state index is 12.1. The predicted molar refractivity (Wildman–Crippen MR) is 64.1 cm³/mol. The summed E-state index contributed by atoms with van der Waals surface area (Å²) < 4.78 is 0. The maximum Gasteiger partial charge on any atom is 0.239 e. The summed E-state index contributed by atoms with van der Waals surface area (Å²) in [4.78, 5) is 13.9. The molecule has 1 amide bonds. The van der Waals surface area contributed by atoms with Gasteiger partial charge in [-0.2, -0.15) is 0 Å². The number of aliphatic hydroxyl groups is 1. The molecule has 3 atom stereocenters. The van der Waals surface area contributed by atoms with Crippen molar-refractivity contribution in [3.63, 3.8) is 0 Å². The third-order valence-electron chi connectivity index (χ3n) is 3.59. The first-order valence-electron chi connectivity index (χ1n) is 5.91. The number of nitrogens with one attached hydrogen (secondary N) is 1. The van der Waals surface area contributed by atoms with Gasteiger partial charge in [0, 0.05) is 19.6 Å². The van der Waals surface area contributed by atoms with Crippen molar-refractivity contribution in [1.29, 1.82) is 0 Å². The van der Waals surface area contributed by atoms with Crippen LogP contribution in [0.25, 0.3) is 0 Å². The molecule has 0 saturated carbocycles. The van der Waals surface area contributed by atoms with Gasteiger partial charge in [-0.25, -0.2) is 0 Å². The predicted octanol–water partition coefficient (Wildman–Crippen LogP) is 0.602. The molecule has 16 heavy (non-hydrogen) atoms. The lowest BCUT2D eigenvalue weighted by molar-refractivity contribution is -0.135. The smallest absolute Gasteiger partial charge is 0.239 e. The minimum Gasteiger partial charge on any atom is -0.392 e. The summed E-state index contributed by atoms with van der Waals surface area (Å²) in [5, 5.41) is 12.4. The van der Waals surface area contributed by atoms with Crippen LogP contribution in [0.2, 0.25) is 0 Å². The third kappa shape index (κ3) is 2.95. The Kier molecular flexibility index (Phi) is 3.97. The largest absolute Gasteiger partial charge is 0.392 e. The highest BCUT2D eigenvalue weighted by Crippen LogP contribution is 2.24. The molecule has 0 aliphatic carbocycles. The highest BCUT2D eigenvalue weighted by Gasteiger charge is 2.34. The molecular weight excluding hydrogens is 204 g/mol. The van der Waals surface area contributed by atoms with Crippen molar-refractivity contribution < 1.29 is 9.90 Å². The summed E-state index contributed by atoms with van der Waals surface area (Å²) in [6, 6.07) is -0.0376. The van der Waals surface area contributed by atoms with Crippen LogP contribution in [0.4, 0.5) is 0 Å². The van der Waals surface area contributed by atoms with Crippen LogP contribution in [0.1, 0.15) is 34.1 Å². The van der Waals surface area contributed by atoms with Gasteiger partial charge in [0.2, 0.25) is 5.91 Å². The third-order valence-corrected chi connectivity index (χ3v) is 3.59. The Morgan fingerprint density at radius 3 is 2.44 bits per heavy atom. The number of carbonyl (C=O) groups excluding carboxylic acids is 1. The molecule has 2 N–H and O–H groups in total. The van der Waals surface area contributed by atoms with E-state index in [1.807, 2.05) is 7.05 Å². The lowest BCUT2D eigenvalue weighted by atomic mass is 9.87. The summed E-state index contributed by atoms with van der Waals surface area (Å²) >= 11 is 0. The first kappa shape index (κ1) is 13.5. The van der Waals surface area contributed by atoms with E-state index in [0.29, 0.717) is 13.0 Å². The molecule has 0 bridgehead atoms. The maximum atomic E-state index is 12.1. The Labute approximate surface area is 98.0 Å². The van der Waals surface area contributed by atoms with Crippen LogP contribution < -0.4 is 5.32 Å². The first-order chi connectivity index (χ1) is 7.23. The zero-order chi connectivity index (χ0) is 12.5. The summed E-state index contributed by atoms with van der Waals surface area (Å²) in [7, 11) is 1.84. The number of hydrogen-bond donors (Lipinski definition) is 2. The molecule has 3 unspecified atom stereocenters. The van der Waals surface area contributed by atoms with Crippen LogP contribution in [0.15, 0.2) is 0 Å². The molecule has 1 aliphatic rings. The Bertz CT molecular complexity index is 260.